The number of aromatic nitrogens is 1. The van der Waals surface area contributed by atoms with Gasteiger partial charge in [-0.05, 0) is 46.2 Å². The Morgan fingerprint density at radius 2 is 1.56 bits per heavy atom. The maximum Gasteiger partial charge on any atom is 0.269 e. The first-order valence-corrected chi connectivity index (χ1v) is 11.9. The fourth-order valence-corrected chi connectivity index (χ4v) is 4.84. The van der Waals surface area contributed by atoms with Gasteiger partial charge in [-0.3, -0.25) is 14.2 Å². The summed E-state index contributed by atoms with van der Waals surface area (Å²) in [6, 6.07) is 32.6. The molecule has 0 aliphatic rings. The highest BCUT2D eigenvalue weighted by Gasteiger charge is 2.15. The first kappa shape index (κ1) is 21.7. The highest BCUT2D eigenvalue weighted by Crippen LogP contribution is 2.22. The van der Waals surface area contributed by atoms with E-state index in [0.29, 0.717) is 18.5 Å². The van der Waals surface area contributed by atoms with E-state index in [1.165, 1.54) is 11.5 Å². The maximum atomic E-state index is 12.5. The van der Waals surface area contributed by atoms with E-state index >= 15 is 0 Å². The minimum Gasteiger partial charge on any atom is -0.383 e. The van der Waals surface area contributed by atoms with Gasteiger partial charge in [0.2, 0.25) is 0 Å². The van der Waals surface area contributed by atoms with Crippen LogP contribution in [0.15, 0.2) is 107 Å². The van der Waals surface area contributed by atoms with Crippen molar-refractivity contribution in [2.24, 2.45) is 10.7 Å². The number of amidine groups is 1. The van der Waals surface area contributed by atoms with Crippen molar-refractivity contribution in [1.29, 1.82) is 0 Å². The van der Waals surface area contributed by atoms with Crippen LogP contribution in [-0.2, 0) is 13.0 Å². The normalized spacial score (nSPS) is 11.6. The first-order chi connectivity index (χ1) is 16.7. The van der Waals surface area contributed by atoms with Crippen molar-refractivity contribution < 1.29 is 0 Å². The van der Waals surface area contributed by atoms with Crippen molar-refractivity contribution in [3.63, 3.8) is 0 Å². The summed E-state index contributed by atoms with van der Waals surface area (Å²) in [6.45, 7) is 0.418. The Morgan fingerprint density at radius 3 is 2.38 bits per heavy atom. The molecule has 0 spiro atoms. The van der Waals surface area contributed by atoms with E-state index < -0.39 is 0 Å². The number of fused-ring (bicyclic) bond motifs is 1. The van der Waals surface area contributed by atoms with Crippen LogP contribution in [0.1, 0.15) is 21.6 Å². The van der Waals surface area contributed by atoms with Crippen LogP contribution in [0.5, 0.6) is 0 Å². The van der Waals surface area contributed by atoms with E-state index in [4.69, 9.17) is 5.73 Å². The second-order valence-corrected chi connectivity index (χ2v) is 8.94. The van der Waals surface area contributed by atoms with Crippen LogP contribution in [0.4, 0.5) is 11.4 Å². The predicted octanol–water partition coefficient (Wildman–Crippen LogP) is 5.83. The average molecular weight is 465 g/mol. The minimum absolute atomic E-state index is 0.193. The summed E-state index contributed by atoms with van der Waals surface area (Å²) in [5.74, 6) is 0.271. The number of rotatable bonds is 7. The number of aromatic amines is 1. The molecule has 0 atom stereocenters. The molecule has 0 saturated heterocycles. The third-order valence-corrected chi connectivity index (χ3v) is 6.59. The zero-order valence-electron chi connectivity index (χ0n) is 18.5. The van der Waals surface area contributed by atoms with E-state index in [-0.39, 0.29) is 11.4 Å². The van der Waals surface area contributed by atoms with Gasteiger partial charge in [0.25, 0.3) is 5.56 Å². The Bertz CT molecular complexity index is 1500. The fraction of sp³-hybridized carbons (Fsp3) is 0.0714. The monoisotopic (exact) mass is 464 g/mol. The van der Waals surface area contributed by atoms with Gasteiger partial charge in [0, 0.05) is 22.7 Å². The number of nitrogens with two attached hydrogens (primary N) is 1. The van der Waals surface area contributed by atoms with Crippen LogP contribution in [0.25, 0.3) is 10.8 Å². The maximum absolute atomic E-state index is 12.5. The van der Waals surface area contributed by atoms with E-state index in [1.54, 1.807) is 0 Å². The number of nitrogens with zero attached hydrogens (tertiary/aromatic N) is 1. The molecule has 0 unspecified atom stereocenters. The van der Waals surface area contributed by atoms with Crippen LogP contribution < -0.4 is 16.6 Å². The Kier molecular flexibility index (Phi) is 6.23. The Hall–Kier alpha value is -4.16. The lowest BCUT2D eigenvalue weighted by atomic mass is 10.0. The molecule has 0 radical (unpaired) electrons. The third kappa shape index (κ3) is 4.77. The lowest BCUT2D eigenvalue weighted by Crippen LogP contribution is -2.23. The molecule has 1 heterocycles. The van der Waals surface area contributed by atoms with Gasteiger partial charge in [0.1, 0.15) is 5.84 Å². The molecule has 0 fully saturated rings. The molecule has 0 saturated carbocycles. The number of para-hydroxylation sites is 1. The van der Waals surface area contributed by atoms with Crippen molar-refractivity contribution >= 4 is 39.5 Å². The molecule has 4 aromatic carbocycles. The van der Waals surface area contributed by atoms with Crippen molar-refractivity contribution in [2.45, 2.75) is 13.0 Å². The summed E-state index contributed by atoms with van der Waals surface area (Å²) in [4.78, 5) is 18.0. The smallest absolute Gasteiger partial charge is 0.269 e. The van der Waals surface area contributed by atoms with Crippen LogP contribution in [0.2, 0.25) is 0 Å². The molecule has 5 aromatic rings. The standard InChI is InChI=1S/C28H24N4OS/c29-27(30-18-21-9-6-8-20-7-4-5-12-24(20)21)26-25(34-32-28(26)33)17-19-13-15-23(16-14-19)31-22-10-2-1-3-11-22/h1-16,31H,17-18H2,(H2,29,30)(H,32,33). The molecule has 5 nitrogen and oxygen atoms in total. The van der Waals surface area contributed by atoms with E-state index in [2.05, 4.69) is 45.0 Å². The predicted molar refractivity (Wildman–Crippen MR) is 142 cm³/mol. The Morgan fingerprint density at radius 1 is 0.853 bits per heavy atom. The number of anilines is 2. The molecule has 168 valence electrons. The van der Waals surface area contributed by atoms with Gasteiger partial charge >= 0.3 is 0 Å². The van der Waals surface area contributed by atoms with Crippen molar-refractivity contribution in [3.05, 3.63) is 129 Å². The van der Waals surface area contributed by atoms with Crippen molar-refractivity contribution in [2.75, 3.05) is 5.32 Å². The molecule has 5 rings (SSSR count). The van der Waals surface area contributed by atoms with Gasteiger partial charge in [-0.25, -0.2) is 0 Å². The second-order valence-electron chi connectivity index (χ2n) is 8.04. The first-order valence-electron chi connectivity index (χ1n) is 11.1. The molecule has 34 heavy (non-hydrogen) atoms. The summed E-state index contributed by atoms with van der Waals surface area (Å²) >= 11 is 1.32. The summed E-state index contributed by atoms with van der Waals surface area (Å²) < 4.78 is 2.82. The second kappa shape index (κ2) is 9.77. The highest BCUT2D eigenvalue weighted by atomic mass is 32.1. The summed E-state index contributed by atoms with van der Waals surface area (Å²) in [5.41, 5.74) is 10.8. The Balaban J connectivity index is 1.34. The van der Waals surface area contributed by atoms with Crippen LogP contribution in [0, 0.1) is 0 Å². The van der Waals surface area contributed by atoms with Crippen molar-refractivity contribution in [3.8, 4) is 0 Å². The summed E-state index contributed by atoms with van der Waals surface area (Å²) in [7, 11) is 0. The molecule has 0 bridgehead atoms. The quantitative estimate of drug-likeness (QED) is 0.209. The average Bonchev–Trinajstić information content (AvgIpc) is 3.24. The SMILES string of the molecule is NC(=NCc1cccc2ccccc12)c1c(Cc2ccc(Nc3ccccc3)cc2)s[nH]c1=O. The van der Waals surface area contributed by atoms with E-state index in [9.17, 15) is 4.79 Å². The number of aliphatic imine (C=N–C) groups is 1. The molecule has 0 aliphatic heterocycles. The van der Waals surface area contributed by atoms with Gasteiger partial charge in [-0.15, -0.1) is 0 Å². The minimum atomic E-state index is -0.193. The zero-order chi connectivity index (χ0) is 23.3. The van der Waals surface area contributed by atoms with E-state index in [0.717, 1.165) is 38.2 Å². The number of hydrogen-bond acceptors (Lipinski definition) is 4. The van der Waals surface area contributed by atoms with Crippen molar-refractivity contribution in [1.82, 2.24) is 4.37 Å². The molecular formula is C28H24N4OS. The molecule has 0 amide bonds. The lowest BCUT2D eigenvalue weighted by molar-refractivity contribution is 1.07. The van der Waals surface area contributed by atoms with Gasteiger partial charge in [0.15, 0.2) is 0 Å². The summed E-state index contributed by atoms with van der Waals surface area (Å²) in [6.07, 6.45) is 0.606. The highest BCUT2D eigenvalue weighted by molar-refractivity contribution is 7.06. The van der Waals surface area contributed by atoms with Gasteiger partial charge in [-0.2, -0.15) is 0 Å². The number of nitrogens with one attached hydrogen (secondary N) is 2. The number of hydrogen-bond donors (Lipinski definition) is 3. The van der Waals surface area contributed by atoms with Gasteiger partial charge in [0.05, 0.1) is 12.1 Å². The van der Waals surface area contributed by atoms with E-state index in [1.807, 2.05) is 66.7 Å². The van der Waals surface area contributed by atoms with Crippen LogP contribution >= 0.6 is 11.5 Å². The molecular weight excluding hydrogens is 440 g/mol. The molecule has 1 aromatic heterocycles. The third-order valence-electron chi connectivity index (χ3n) is 5.71. The lowest BCUT2D eigenvalue weighted by Gasteiger charge is -2.08. The van der Waals surface area contributed by atoms with Gasteiger partial charge < -0.3 is 11.1 Å². The molecule has 4 N–H and O–H groups in total. The summed E-state index contributed by atoms with van der Waals surface area (Å²) in [5, 5.41) is 5.68. The zero-order valence-corrected chi connectivity index (χ0v) is 19.3. The largest absolute Gasteiger partial charge is 0.383 e. The number of benzene rings is 4. The molecule has 6 heteroatoms. The number of H-pyrrole nitrogens is 1. The van der Waals surface area contributed by atoms with Crippen LogP contribution in [0.3, 0.4) is 0 Å². The van der Waals surface area contributed by atoms with Gasteiger partial charge in [-0.1, -0.05) is 84.3 Å². The fourth-order valence-electron chi connectivity index (χ4n) is 3.98. The Labute approximate surface area is 201 Å². The topological polar surface area (TPSA) is 83.3 Å². The van der Waals surface area contributed by atoms with Crippen LogP contribution in [-0.4, -0.2) is 10.2 Å². The molecule has 0 aliphatic carbocycles.